The number of aldehydes is 1. The second-order valence-corrected chi connectivity index (χ2v) is 5.12. The summed E-state index contributed by atoms with van der Waals surface area (Å²) in [6, 6.07) is 6.14. The molecule has 0 aliphatic rings. The lowest BCUT2D eigenvalue weighted by atomic mass is 10.2. The fourth-order valence-electron chi connectivity index (χ4n) is 1.30. The second kappa shape index (κ2) is 3.38. The molecule has 1 nitrogen and oxygen atoms in total. The molecule has 0 saturated carbocycles. The first-order valence-corrected chi connectivity index (χ1v) is 5.75. The molecule has 0 unspecified atom stereocenters. The zero-order valence-corrected chi connectivity index (χ0v) is 9.98. The van der Waals surface area contributed by atoms with Crippen molar-refractivity contribution >= 4 is 50.3 Å². The van der Waals surface area contributed by atoms with E-state index in [1.165, 1.54) is 19.2 Å². The van der Waals surface area contributed by atoms with Crippen molar-refractivity contribution in [2.75, 3.05) is 0 Å². The van der Waals surface area contributed by atoms with Crippen molar-refractivity contribution in [3.8, 4) is 0 Å². The molecule has 0 saturated heterocycles. The Hall–Kier alpha value is -0.420. The summed E-state index contributed by atoms with van der Waals surface area (Å²) in [6.07, 6.45) is 0.917. The van der Waals surface area contributed by atoms with Crippen LogP contribution in [-0.2, 0) is 0 Å². The summed E-state index contributed by atoms with van der Waals surface area (Å²) in [5.74, 6) is 0. The molecule has 66 valence electrons. The maximum Gasteiger partial charge on any atom is 0.160 e. The standard InChI is InChI=1S/C10H7IOS/c1-6-2-3-9(11)8-4-7(5-12)13-10(6)8/h2-5H,1H3. The van der Waals surface area contributed by atoms with Gasteiger partial charge in [0.05, 0.1) is 4.88 Å². The molecule has 3 heteroatoms. The minimum atomic E-state index is 0.808. The molecule has 0 aliphatic carbocycles. The first-order chi connectivity index (χ1) is 6.22. The van der Waals surface area contributed by atoms with Crippen molar-refractivity contribution in [1.29, 1.82) is 0 Å². The van der Waals surface area contributed by atoms with Gasteiger partial charge in [-0.2, -0.15) is 0 Å². The molecule has 1 heterocycles. The fraction of sp³-hybridized carbons (Fsp3) is 0.100. The highest BCUT2D eigenvalue weighted by Gasteiger charge is 2.05. The third kappa shape index (κ3) is 1.50. The smallest absolute Gasteiger partial charge is 0.160 e. The first kappa shape index (κ1) is 9.15. The van der Waals surface area contributed by atoms with Crippen LogP contribution >= 0.6 is 33.9 Å². The van der Waals surface area contributed by atoms with Crippen molar-refractivity contribution in [2.45, 2.75) is 6.92 Å². The number of hydrogen-bond acceptors (Lipinski definition) is 2. The lowest BCUT2D eigenvalue weighted by Gasteiger charge is -1.96. The van der Waals surface area contributed by atoms with Gasteiger partial charge in [-0.25, -0.2) is 0 Å². The van der Waals surface area contributed by atoms with E-state index in [0.29, 0.717) is 0 Å². The van der Waals surface area contributed by atoms with Gasteiger partial charge in [0, 0.05) is 13.7 Å². The average molecular weight is 302 g/mol. The number of fused-ring (bicyclic) bond motifs is 1. The summed E-state index contributed by atoms with van der Waals surface area (Å²) < 4.78 is 2.44. The Balaban J connectivity index is 2.87. The fourth-order valence-corrected chi connectivity index (χ4v) is 3.06. The highest BCUT2D eigenvalue weighted by Crippen LogP contribution is 2.30. The molecule has 0 aliphatic heterocycles. The van der Waals surface area contributed by atoms with Gasteiger partial charge in [-0.05, 0) is 47.2 Å². The van der Waals surface area contributed by atoms with Crippen LogP contribution in [0, 0.1) is 10.5 Å². The zero-order chi connectivity index (χ0) is 9.42. The van der Waals surface area contributed by atoms with E-state index >= 15 is 0 Å². The van der Waals surface area contributed by atoms with Gasteiger partial charge in [-0.1, -0.05) is 6.07 Å². The van der Waals surface area contributed by atoms with Crippen molar-refractivity contribution in [3.63, 3.8) is 0 Å². The summed E-state index contributed by atoms with van der Waals surface area (Å²) in [7, 11) is 0. The SMILES string of the molecule is Cc1ccc(I)c2cc(C=O)sc12. The van der Waals surface area contributed by atoms with Crippen LogP contribution in [0.25, 0.3) is 10.1 Å². The van der Waals surface area contributed by atoms with E-state index in [1.807, 2.05) is 6.07 Å². The van der Waals surface area contributed by atoms with E-state index in [-0.39, 0.29) is 0 Å². The van der Waals surface area contributed by atoms with Gasteiger partial charge in [-0.3, -0.25) is 4.79 Å². The average Bonchev–Trinajstić information content (AvgIpc) is 2.56. The number of halogens is 1. The third-order valence-electron chi connectivity index (χ3n) is 1.96. The summed E-state index contributed by atoms with van der Waals surface area (Å²) >= 11 is 3.86. The Morgan fingerprint density at radius 2 is 2.23 bits per heavy atom. The topological polar surface area (TPSA) is 17.1 Å². The minimum absolute atomic E-state index is 0.808. The van der Waals surface area contributed by atoms with E-state index in [1.54, 1.807) is 11.3 Å². The predicted octanol–water partition coefficient (Wildman–Crippen LogP) is 3.63. The van der Waals surface area contributed by atoms with Crippen LogP contribution in [0.15, 0.2) is 18.2 Å². The Labute approximate surface area is 93.9 Å². The molecular formula is C10H7IOS. The van der Waals surface area contributed by atoms with Crippen LogP contribution in [0.1, 0.15) is 15.2 Å². The van der Waals surface area contributed by atoms with Gasteiger partial charge >= 0.3 is 0 Å². The molecule has 13 heavy (non-hydrogen) atoms. The molecule has 0 radical (unpaired) electrons. The molecule has 0 atom stereocenters. The Bertz CT molecular complexity index is 434. The molecule has 1 aromatic carbocycles. The van der Waals surface area contributed by atoms with Crippen LogP contribution in [0.5, 0.6) is 0 Å². The summed E-state index contributed by atoms with van der Waals surface area (Å²) in [5, 5.41) is 1.20. The van der Waals surface area contributed by atoms with E-state index in [2.05, 4.69) is 41.6 Å². The zero-order valence-electron chi connectivity index (χ0n) is 7.00. The van der Waals surface area contributed by atoms with E-state index < -0.39 is 0 Å². The van der Waals surface area contributed by atoms with Crippen LogP contribution < -0.4 is 0 Å². The maximum absolute atomic E-state index is 10.6. The Kier molecular flexibility index (Phi) is 2.38. The number of aryl methyl sites for hydroxylation is 1. The molecule has 0 N–H and O–H groups in total. The van der Waals surface area contributed by atoms with Crippen molar-refractivity contribution in [2.24, 2.45) is 0 Å². The summed E-state index contributed by atoms with van der Waals surface area (Å²) in [4.78, 5) is 11.4. The van der Waals surface area contributed by atoms with Crippen molar-refractivity contribution in [3.05, 3.63) is 32.2 Å². The first-order valence-electron chi connectivity index (χ1n) is 3.86. The second-order valence-electron chi connectivity index (χ2n) is 2.87. The number of hydrogen-bond donors (Lipinski definition) is 0. The van der Waals surface area contributed by atoms with Crippen LogP contribution in [-0.4, -0.2) is 6.29 Å². The number of carbonyl (C=O) groups excluding carboxylic acids is 1. The van der Waals surface area contributed by atoms with E-state index in [4.69, 9.17) is 0 Å². The third-order valence-corrected chi connectivity index (χ3v) is 4.10. The lowest BCUT2D eigenvalue weighted by molar-refractivity contribution is 0.112. The molecule has 0 spiro atoms. The van der Waals surface area contributed by atoms with Gasteiger partial charge in [0.25, 0.3) is 0 Å². The van der Waals surface area contributed by atoms with Crippen LogP contribution in [0.2, 0.25) is 0 Å². The van der Waals surface area contributed by atoms with Crippen LogP contribution in [0.3, 0.4) is 0 Å². The lowest BCUT2D eigenvalue weighted by Crippen LogP contribution is -1.75. The highest BCUT2D eigenvalue weighted by atomic mass is 127. The number of benzene rings is 1. The normalized spacial score (nSPS) is 10.6. The molecule has 2 rings (SSSR count). The maximum atomic E-state index is 10.6. The molecule has 0 amide bonds. The molecule has 0 fully saturated rings. The molecule has 1 aromatic heterocycles. The van der Waals surface area contributed by atoms with Gasteiger partial charge < -0.3 is 0 Å². The van der Waals surface area contributed by atoms with Gasteiger partial charge in [0.1, 0.15) is 0 Å². The van der Waals surface area contributed by atoms with Crippen LogP contribution in [0.4, 0.5) is 0 Å². The van der Waals surface area contributed by atoms with E-state index in [9.17, 15) is 4.79 Å². The van der Waals surface area contributed by atoms with Crippen molar-refractivity contribution < 1.29 is 4.79 Å². The minimum Gasteiger partial charge on any atom is -0.297 e. The van der Waals surface area contributed by atoms with Gasteiger partial charge in [0.15, 0.2) is 6.29 Å². The van der Waals surface area contributed by atoms with Crippen molar-refractivity contribution in [1.82, 2.24) is 0 Å². The van der Waals surface area contributed by atoms with E-state index in [0.717, 1.165) is 11.2 Å². The Morgan fingerprint density at radius 1 is 1.46 bits per heavy atom. The predicted molar refractivity (Wildman–Crippen MR) is 64.7 cm³/mol. The summed E-state index contributed by atoms with van der Waals surface area (Å²) in [6.45, 7) is 2.07. The largest absolute Gasteiger partial charge is 0.297 e. The molecular weight excluding hydrogens is 295 g/mol. The monoisotopic (exact) mass is 302 g/mol. The molecule has 2 aromatic rings. The van der Waals surface area contributed by atoms with Gasteiger partial charge in [-0.15, -0.1) is 11.3 Å². The Morgan fingerprint density at radius 3 is 2.85 bits per heavy atom. The number of rotatable bonds is 1. The molecule has 0 bridgehead atoms. The summed E-state index contributed by atoms with van der Waals surface area (Å²) in [5.41, 5.74) is 1.24. The van der Waals surface area contributed by atoms with Gasteiger partial charge in [0.2, 0.25) is 0 Å². The quantitative estimate of drug-likeness (QED) is 0.581. The highest BCUT2D eigenvalue weighted by molar-refractivity contribution is 14.1. The number of thiophene rings is 1. The number of carbonyl (C=O) groups is 1.